The lowest BCUT2D eigenvalue weighted by Gasteiger charge is -2.29. The minimum Gasteiger partial charge on any atom is -0.456 e. The summed E-state index contributed by atoms with van der Waals surface area (Å²) in [7, 11) is 0. The number of carbonyl (C=O) groups is 2. The van der Waals surface area contributed by atoms with Crippen LogP contribution >= 0.6 is 0 Å². The largest absolute Gasteiger partial charge is 0.456 e. The highest BCUT2D eigenvalue weighted by Crippen LogP contribution is 2.45. The lowest BCUT2D eigenvalue weighted by atomic mass is 9.96. The van der Waals surface area contributed by atoms with E-state index in [0.29, 0.717) is 0 Å². The van der Waals surface area contributed by atoms with Crippen LogP contribution in [0.15, 0.2) is 24.3 Å². The van der Waals surface area contributed by atoms with E-state index in [-0.39, 0.29) is 18.1 Å². The van der Waals surface area contributed by atoms with Gasteiger partial charge in [-0.25, -0.2) is 79.8 Å². The highest BCUT2D eigenvalue weighted by atomic mass is 19.3. The molecular weight excluding hydrogens is 656 g/mol. The zero-order valence-corrected chi connectivity index (χ0v) is 23.1. The molecule has 0 saturated heterocycles. The summed E-state index contributed by atoms with van der Waals surface area (Å²) < 4.78 is 214. The summed E-state index contributed by atoms with van der Waals surface area (Å²) in [4.78, 5) is 21.6. The molecule has 0 radical (unpaired) electrons. The average Bonchev–Trinajstić information content (AvgIpc) is 2.70. The van der Waals surface area contributed by atoms with Gasteiger partial charge in [-0.05, 0) is 20.8 Å². The molecule has 4 nitrogen and oxygen atoms in total. The number of carbonyl (C=O) groups excluding carboxylic acids is 2. The molecule has 0 aromatic carbocycles. The minimum atomic E-state index is -4.90. The molecule has 0 spiro atoms. The first-order valence-electron chi connectivity index (χ1n) is 11.7. The van der Waals surface area contributed by atoms with Crippen LogP contribution < -0.4 is 0 Å². The summed E-state index contributed by atoms with van der Waals surface area (Å²) >= 11 is 0. The molecular formula is C24H28F16O4. The van der Waals surface area contributed by atoms with Gasteiger partial charge in [-0.1, -0.05) is 13.2 Å². The van der Waals surface area contributed by atoms with Crippen molar-refractivity contribution in [1.29, 1.82) is 0 Å². The van der Waals surface area contributed by atoms with Gasteiger partial charge in [-0.15, -0.1) is 0 Å². The second kappa shape index (κ2) is 15.5. The highest BCUT2D eigenvalue weighted by molar-refractivity contribution is 5.87. The lowest BCUT2D eigenvalue weighted by molar-refractivity contribution is -0.198. The Morgan fingerprint density at radius 3 is 1.09 bits per heavy atom. The average molecular weight is 684 g/mol. The number of hydrogen-bond donors (Lipinski definition) is 0. The third kappa shape index (κ3) is 20.3. The van der Waals surface area contributed by atoms with Crippen molar-refractivity contribution in [2.75, 3.05) is 13.2 Å². The van der Waals surface area contributed by atoms with E-state index < -0.39 is 105 Å². The monoisotopic (exact) mass is 684 g/mol. The fourth-order valence-corrected chi connectivity index (χ4v) is 2.89. The van der Waals surface area contributed by atoms with Gasteiger partial charge in [0.05, 0.1) is 32.1 Å². The van der Waals surface area contributed by atoms with Crippen LogP contribution in [0.1, 0.15) is 52.9 Å². The molecule has 0 aromatic rings. The van der Waals surface area contributed by atoms with Crippen molar-refractivity contribution in [2.24, 2.45) is 0 Å². The third-order valence-corrected chi connectivity index (χ3v) is 4.46. The van der Waals surface area contributed by atoms with E-state index in [9.17, 15) is 79.8 Å². The maximum absolute atomic E-state index is 13.5. The number of rotatable bonds is 17. The Hall–Kier alpha value is -2.70. The second-order valence-corrected chi connectivity index (χ2v) is 10.0. The van der Waals surface area contributed by atoms with Crippen molar-refractivity contribution in [3.05, 3.63) is 24.3 Å². The summed E-state index contributed by atoms with van der Waals surface area (Å²) in [5.41, 5.74) is -0.527. The summed E-state index contributed by atoms with van der Waals surface area (Å²) in [6.45, 7) is 4.83. The quantitative estimate of drug-likeness (QED) is 0.0873. The molecule has 260 valence electrons. The third-order valence-electron chi connectivity index (χ3n) is 4.46. The first-order chi connectivity index (χ1) is 19.1. The van der Waals surface area contributed by atoms with Crippen LogP contribution in [0.3, 0.4) is 0 Å². The van der Waals surface area contributed by atoms with E-state index in [0.717, 1.165) is 13.8 Å². The van der Waals surface area contributed by atoms with Crippen LogP contribution in [-0.4, -0.2) is 73.0 Å². The van der Waals surface area contributed by atoms with E-state index in [4.69, 9.17) is 0 Å². The number of hydrogen-bond acceptors (Lipinski definition) is 4. The number of halogens is 16. The zero-order chi connectivity index (χ0) is 35.8. The normalized spacial score (nSPS) is 13.6. The Morgan fingerprint density at radius 1 is 0.545 bits per heavy atom. The van der Waals surface area contributed by atoms with E-state index in [1.54, 1.807) is 0 Å². The van der Waals surface area contributed by atoms with Gasteiger partial charge in [-0.3, -0.25) is 0 Å². The summed E-state index contributed by atoms with van der Waals surface area (Å²) in [6.07, 6.45) is -16.8. The van der Waals surface area contributed by atoms with Gasteiger partial charge in [0.25, 0.3) is 35.5 Å². The first kappa shape index (κ1) is 43.4. The van der Waals surface area contributed by atoms with Crippen molar-refractivity contribution >= 4 is 11.9 Å². The topological polar surface area (TPSA) is 52.6 Å². The highest BCUT2D eigenvalue weighted by Gasteiger charge is 2.55. The van der Waals surface area contributed by atoms with Crippen molar-refractivity contribution in [3.63, 3.8) is 0 Å². The molecule has 0 aliphatic rings. The molecule has 0 amide bonds. The van der Waals surface area contributed by atoms with Crippen LogP contribution in [-0.2, 0) is 19.1 Å². The molecule has 0 aliphatic carbocycles. The Balaban J connectivity index is 0. The molecule has 0 fully saturated rings. The van der Waals surface area contributed by atoms with Crippen molar-refractivity contribution in [2.45, 2.75) is 101 Å². The number of alkyl halides is 16. The Labute approximate surface area is 240 Å². The fraction of sp³-hybridized carbons (Fsp3) is 0.750. The smallest absolute Gasteiger partial charge is 0.333 e. The molecule has 44 heavy (non-hydrogen) atoms. The van der Waals surface area contributed by atoms with E-state index in [1.807, 2.05) is 0 Å². The maximum atomic E-state index is 13.5. The first-order valence-corrected chi connectivity index (χ1v) is 11.7. The zero-order valence-electron chi connectivity index (χ0n) is 23.1. The van der Waals surface area contributed by atoms with Crippen molar-refractivity contribution in [1.82, 2.24) is 0 Å². The van der Waals surface area contributed by atoms with Gasteiger partial charge in [0.1, 0.15) is 0 Å². The predicted octanol–water partition coefficient (Wildman–Crippen LogP) is 8.89. The Morgan fingerprint density at radius 2 is 0.818 bits per heavy atom. The fourth-order valence-electron chi connectivity index (χ4n) is 2.89. The van der Waals surface area contributed by atoms with Gasteiger partial charge >= 0.3 is 24.3 Å². The molecule has 0 rings (SSSR count). The molecule has 20 heteroatoms. The van der Waals surface area contributed by atoms with Crippen molar-refractivity contribution < 1.29 is 89.3 Å². The molecule has 0 N–H and O–H groups in total. The maximum Gasteiger partial charge on any atom is 0.333 e. The SMILES string of the molecule is C=C(C)C(=O)OCC(F)(F)CC(F)(F)C(F)F.C=C(C)C(=O)OCC(F)(F)CC(F)(F)CC(F)(F)CC(F)(F)CC(C)(F)F. The predicted molar refractivity (Wildman–Crippen MR) is 121 cm³/mol. The molecule has 0 heterocycles. The van der Waals surface area contributed by atoms with Gasteiger partial charge < -0.3 is 9.47 Å². The molecule has 0 aliphatic heterocycles. The van der Waals surface area contributed by atoms with Gasteiger partial charge in [0.15, 0.2) is 13.2 Å². The standard InChI is InChI=1S/C15H18F10O2.C9H10F6O2/c1-9(2)10(26)27-8-15(24,25)7-14(22,23)6-13(20,21)5-12(18,19)4-11(3,16)17;1-5(2)6(16)17-4-8(12,13)3-9(14,15)7(10)11/h1,4-8H2,2-3H3;7H,1,3-4H2,2H3. The lowest BCUT2D eigenvalue weighted by Crippen LogP contribution is -2.40. The van der Waals surface area contributed by atoms with Crippen molar-refractivity contribution in [3.8, 4) is 0 Å². The summed E-state index contributed by atoms with van der Waals surface area (Å²) in [5.74, 6) is -34.5. The van der Waals surface area contributed by atoms with E-state index in [2.05, 4.69) is 22.6 Å². The molecule has 0 atom stereocenters. The number of ether oxygens (including phenoxy) is 2. The van der Waals surface area contributed by atoms with Crippen LogP contribution in [0.2, 0.25) is 0 Å². The van der Waals surface area contributed by atoms with Crippen LogP contribution in [0, 0.1) is 0 Å². The summed E-state index contributed by atoms with van der Waals surface area (Å²) in [6, 6.07) is 0. The van der Waals surface area contributed by atoms with E-state index in [1.165, 1.54) is 0 Å². The van der Waals surface area contributed by atoms with Crippen LogP contribution in [0.25, 0.3) is 0 Å². The van der Waals surface area contributed by atoms with Gasteiger partial charge in [0, 0.05) is 11.1 Å². The summed E-state index contributed by atoms with van der Waals surface area (Å²) in [5, 5.41) is 0. The number of esters is 2. The minimum absolute atomic E-state index is 0.0282. The van der Waals surface area contributed by atoms with Gasteiger partial charge in [-0.2, -0.15) is 0 Å². The van der Waals surface area contributed by atoms with Gasteiger partial charge in [0.2, 0.25) is 0 Å². The van der Waals surface area contributed by atoms with Crippen LogP contribution in [0.4, 0.5) is 70.2 Å². The van der Waals surface area contributed by atoms with Crippen LogP contribution in [0.5, 0.6) is 0 Å². The Kier molecular flexibility index (Phi) is 15.3. The molecule has 0 aromatic heterocycles. The Bertz CT molecular complexity index is 987. The van der Waals surface area contributed by atoms with E-state index >= 15 is 0 Å². The molecule has 0 bridgehead atoms. The second-order valence-electron chi connectivity index (χ2n) is 10.0. The molecule has 0 unspecified atom stereocenters. The molecule has 0 saturated carbocycles.